The second-order valence-electron chi connectivity index (χ2n) is 5.35. The normalized spacial score (nSPS) is 17.1. The van der Waals surface area contributed by atoms with Crippen LogP contribution in [-0.2, 0) is 0 Å². The Labute approximate surface area is 126 Å². The van der Waals surface area contributed by atoms with Gasteiger partial charge in [-0.15, -0.1) is 12.4 Å². The van der Waals surface area contributed by atoms with E-state index in [4.69, 9.17) is 5.73 Å². The van der Waals surface area contributed by atoms with Crippen LogP contribution in [0, 0.1) is 5.92 Å². The summed E-state index contributed by atoms with van der Waals surface area (Å²) in [6, 6.07) is 18.1. The molecule has 0 aromatic heterocycles. The Bertz CT molecular complexity index is 554. The van der Waals surface area contributed by atoms with Gasteiger partial charge in [-0.05, 0) is 41.5 Å². The topological polar surface area (TPSA) is 46.2 Å². The van der Waals surface area contributed by atoms with Crippen LogP contribution in [0.2, 0.25) is 0 Å². The molecule has 0 bridgehead atoms. The van der Waals surface area contributed by atoms with E-state index in [1.165, 1.54) is 5.56 Å². The van der Waals surface area contributed by atoms with Gasteiger partial charge in [-0.1, -0.05) is 48.5 Å². The quantitative estimate of drug-likeness (QED) is 0.904. The van der Waals surface area contributed by atoms with Gasteiger partial charge < -0.3 is 10.8 Å². The number of benzene rings is 2. The molecule has 3 heteroatoms. The average Bonchev–Trinajstić information content (AvgIpc) is 3.31. The summed E-state index contributed by atoms with van der Waals surface area (Å²) in [5, 5.41) is 10.1. The molecule has 1 aliphatic rings. The van der Waals surface area contributed by atoms with Crippen molar-refractivity contribution in [1.29, 1.82) is 0 Å². The Morgan fingerprint density at radius 3 is 2.25 bits per heavy atom. The molecule has 2 atom stereocenters. The molecule has 2 aromatic carbocycles. The van der Waals surface area contributed by atoms with Crippen LogP contribution >= 0.6 is 12.4 Å². The number of aliphatic hydroxyl groups is 1. The van der Waals surface area contributed by atoms with Crippen LogP contribution in [-0.4, -0.2) is 11.2 Å². The predicted molar refractivity (Wildman–Crippen MR) is 84.8 cm³/mol. The van der Waals surface area contributed by atoms with Crippen molar-refractivity contribution in [2.24, 2.45) is 11.7 Å². The van der Waals surface area contributed by atoms with Crippen LogP contribution in [0.5, 0.6) is 0 Å². The molecule has 0 saturated heterocycles. The number of hydrogen-bond donors (Lipinski definition) is 2. The molecule has 3 N–H and O–H groups in total. The number of hydrogen-bond acceptors (Lipinski definition) is 2. The van der Waals surface area contributed by atoms with Crippen LogP contribution in [0.3, 0.4) is 0 Å². The molecule has 0 amide bonds. The van der Waals surface area contributed by atoms with Gasteiger partial charge in [0, 0.05) is 0 Å². The van der Waals surface area contributed by atoms with Crippen molar-refractivity contribution in [3.05, 3.63) is 60.2 Å². The Hall–Kier alpha value is -1.35. The van der Waals surface area contributed by atoms with E-state index in [0.717, 1.165) is 24.0 Å². The second kappa shape index (κ2) is 6.40. The lowest BCUT2D eigenvalue weighted by molar-refractivity contribution is 0.122. The summed E-state index contributed by atoms with van der Waals surface area (Å²) < 4.78 is 0. The molecular weight excluding hydrogens is 270 g/mol. The average molecular weight is 290 g/mol. The summed E-state index contributed by atoms with van der Waals surface area (Å²) in [4.78, 5) is 0. The maximum absolute atomic E-state index is 10.1. The van der Waals surface area contributed by atoms with E-state index in [2.05, 4.69) is 24.3 Å². The van der Waals surface area contributed by atoms with Crippen molar-refractivity contribution in [2.75, 3.05) is 0 Å². The molecular formula is C17H20ClNO. The largest absolute Gasteiger partial charge is 0.391 e. The Kier molecular flexibility index (Phi) is 4.81. The zero-order valence-electron chi connectivity index (χ0n) is 11.3. The molecule has 1 saturated carbocycles. The molecule has 20 heavy (non-hydrogen) atoms. The third-order valence-electron chi connectivity index (χ3n) is 3.85. The van der Waals surface area contributed by atoms with Crippen molar-refractivity contribution < 1.29 is 5.11 Å². The molecule has 1 aliphatic carbocycles. The fourth-order valence-electron chi connectivity index (χ4n) is 2.48. The number of halogens is 1. The number of nitrogens with two attached hydrogens (primary N) is 1. The maximum atomic E-state index is 10.1. The fourth-order valence-corrected chi connectivity index (χ4v) is 2.48. The van der Waals surface area contributed by atoms with Gasteiger partial charge in [0.25, 0.3) is 0 Å². The molecule has 2 aromatic rings. The first-order valence-electron chi connectivity index (χ1n) is 6.85. The van der Waals surface area contributed by atoms with E-state index in [0.29, 0.717) is 5.92 Å². The summed E-state index contributed by atoms with van der Waals surface area (Å²) in [5.41, 5.74) is 9.52. The molecule has 0 aliphatic heterocycles. The molecule has 0 radical (unpaired) electrons. The van der Waals surface area contributed by atoms with E-state index >= 15 is 0 Å². The summed E-state index contributed by atoms with van der Waals surface area (Å²) in [7, 11) is 0. The van der Waals surface area contributed by atoms with Crippen LogP contribution in [0.4, 0.5) is 0 Å². The summed E-state index contributed by atoms with van der Waals surface area (Å²) >= 11 is 0. The first kappa shape index (κ1) is 15.0. The minimum atomic E-state index is -0.411. The minimum Gasteiger partial charge on any atom is -0.391 e. The van der Waals surface area contributed by atoms with E-state index < -0.39 is 6.10 Å². The van der Waals surface area contributed by atoms with E-state index in [-0.39, 0.29) is 18.4 Å². The summed E-state index contributed by atoms with van der Waals surface area (Å²) in [5.74, 6) is 0.399. The third kappa shape index (κ3) is 3.21. The highest BCUT2D eigenvalue weighted by molar-refractivity contribution is 5.85. The molecule has 2 nitrogen and oxygen atoms in total. The molecule has 3 rings (SSSR count). The SMILES string of the molecule is Cl.N[C@@H](c1cccc(-c2ccccc2)c1)[C@H](O)C1CC1. The van der Waals surface area contributed by atoms with Gasteiger partial charge in [0.2, 0.25) is 0 Å². The first-order valence-corrected chi connectivity index (χ1v) is 6.85. The van der Waals surface area contributed by atoms with Crippen LogP contribution in [0.1, 0.15) is 24.4 Å². The Morgan fingerprint density at radius 1 is 0.950 bits per heavy atom. The zero-order chi connectivity index (χ0) is 13.2. The van der Waals surface area contributed by atoms with Gasteiger partial charge in [0.15, 0.2) is 0 Å². The molecule has 0 unspecified atom stereocenters. The standard InChI is InChI=1S/C17H19NO.ClH/c18-16(17(19)13-9-10-13)15-8-4-7-14(11-15)12-5-2-1-3-6-12;/h1-8,11,13,16-17,19H,9-10,18H2;1H/t16-,17+;/m0./s1. The number of aliphatic hydroxyl groups excluding tert-OH is 1. The van der Waals surface area contributed by atoms with E-state index in [1.807, 2.05) is 30.3 Å². The molecule has 0 spiro atoms. The summed E-state index contributed by atoms with van der Waals surface area (Å²) in [6.45, 7) is 0. The van der Waals surface area contributed by atoms with Gasteiger partial charge in [0.1, 0.15) is 0 Å². The highest BCUT2D eigenvalue weighted by atomic mass is 35.5. The van der Waals surface area contributed by atoms with Crippen molar-refractivity contribution in [3.8, 4) is 11.1 Å². The van der Waals surface area contributed by atoms with Crippen LogP contribution in [0.25, 0.3) is 11.1 Å². The number of rotatable bonds is 4. The van der Waals surface area contributed by atoms with Gasteiger partial charge in [-0.3, -0.25) is 0 Å². The smallest absolute Gasteiger partial charge is 0.0760 e. The highest BCUT2D eigenvalue weighted by Gasteiger charge is 2.34. The van der Waals surface area contributed by atoms with E-state index in [9.17, 15) is 5.11 Å². The van der Waals surface area contributed by atoms with Crippen molar-refractivity contribution in [2.45, 2.75) is 25.0 Å². The van der Waals surface area contributed by atoms with Gasteiger partial charge in [-0.25, -0.2) is 0 Å². The van der Waals surface area contributed by atoms with Gasteiger partial charge >= 0.3 is 0 Å². The predicted octanol–water partition coefficient (Wildman–Crippen LogP) is 3.55. The lowest BCUT2D eigenvalue weighted by Crippen LogP contribution is -2.27. The lowest BCUT2D eigenvalue weighted by atomic mass is 9.95. The van der Waals surface area contributed by atoms with E-state index in [1.54, 1.807) is 0 Å². The first-order chi connectivity index (χ1) is 9.25. The highest BCUT2D eigenvalue weighted by Crippen LogP contribution is 2.37. The Balaban J connectivity index is 0.00000147. The van der Waals surface area contributed by atoms with Gasteiger partial charge in [-0.2, -0.15) is 0 Å². The molecule has 0 heterocycles. The van der Waals surface area contributed by atoms with Crippen LogP contribution < -0.4 is 5.73 Å². The summed E-state index contributed by atoms with van der Waals surface area (Å²) in [6.07, 6.45) is 1.80. The molecule has 1 fully saturated rings. The van der Waals surface area contributed by atoms with Crippen molar-refractivity contribution in [1.82, 2.24) is 0 Å². The van der Waals surface area contributed by atoms with Crippen molar-refractivity contribution in [3.63, 3.8) is 0 Å². The second-order valence-corrected chi connectivity index (χ2v) is 5.35. The Morgan fingerprint density at radius 2 is 1.60 bits per heavy atom. The fraction of sp³-hybridized carbons (Fsp3) is 0.294. The lowest BCUT2D eigenvalue weighted by Gasteiger charge is -2.19. The van der Waals surface area contributed by atoms with Crippen molar-refractivity contribution >= 4 is 12.4 Å². The molecule has 106 valence electrons. The monoisotopic (exact) mass is 289 g/mol. The third-order valence-corrected chi connectivity index (χ3v) is 3.85. The minimum absolute atomic E-state index is 0. The maximum Gasteiger partial charge on any atom is 0.0760 e. The zero-order valence-corrected chi connectivity index (χ0v) is 12.1. The van der Waals surface area contributed by atoms with Crippen LogP contribution in [0.15, 0.2) is 54.6 Å². The van der Waals surface area contributed by atoms with Gasteiger partial charge in [0.05, 0.1) is 12.1 Å².